The lowest BCUT2D eigenvalue weighted by molar-refractivity contribution is 0.0716. The van der Waals surface area contributed by atoms with Crippen molar-refractivity contribution in [3.05, 3.63) is 0 Å². The molecule has 0 bridgehead atoms. The zero-order valence-corrected chi connectivity index (χ0v) is 19.7. The monoisotopic (exact) mass is 392 g/mol. The number of hydrogen-bond donors (Lipinski definition) is 2. The molecule has 0 spiro atoms. The minimum Gasteiger partial charge on any atom is -0.312 e. The number of nitrogens with one attached hydrogen (secondary N) is 2. The van der Waals surface area contributed by atoms with E-state index < -0.39 is 0 Å². The van der Waals surface area contributed by atoms with Crippen LogP contribution in [-0.4, -0.2) is 24.7 Å². The van der Waals surface area contributed by atoms with Crippen LogP contribution in [0.5, 0.6) is 0 Å². The van der Waals surface area contributed by atoms with Gasteiger partial charge >= 0.3 is 0 Å². The molecule has 0 amide bonds. The van der Waals surface area contributed by atoms with Crippen LogP contribution in [0.25, 0.3) is 0 Å². The molecule has 2 nitrogen and oxygen atoms in total. The molecule has 28 heavy (non-hydrogen) atoms. The van der Waals surface area contributed by atoms with E-state index >= 15 is 0 Å². The van der Waals surface area contributed by atoms with Crippen molar-refractivity contribution in [3.8, 4) is 0 Å². The van der Waals surface area contributed by atoms with E-state index in [0.29, 0.717) is 11.6 Å². The topological polar surface area (TPSA) is 24.1 Å². The Morgan fingerprint density at radius 3 is 1.75 bits per heavy atom. The molecule has 0 aromatic heterocycles. The minimum absolute atomic E-state index is 0.363. The van der Waals surface area contributed by atoms with Gasteiger partial charge in [-0.3, -0.25) is 0 Å². The Kier molecular flexibility index (Phi) is 12.1. The van der Waals surface area contributed by atoms with Crippen LogP contribution in [0, 0.1) is 11.8 Å². The van der Waals surface area contributed by atoms with Crippen LogP contribution in [0.4, 0.5) is 0 Å². The molecule has 166 valence electrons. The van der Waals surface area contributed by atoms with Crippen LogP contribution in [0.15, 0.2) is 0 Å². The summed E-state index contributed by atoms with van der Waals surface area (Å²) < 4.78 is 0. The van der Waals surface area contributed by atoms with E-state index in [1.165, 1.54) is 122 Å². The summed E-state index contributed by atoms with van der Waals surface area (Å²) in [5, 5.41) is 8.39. The van der Waals surface area contributed by atoms with E-state index in [1.807, 2.05) is 0 Å². The van der Waals surface area contributed by atoms with E-state index in [-0.39, 0.29) is 0 Å². The zero-order valence-electron chi connectivity index (χ0n) is 19.7. The molecule has 2 saturated carbocycles. The average molecular weight is 393 g/mol. The normalized spacial score (nSPS) is 20.2. The van der Waals surface area contributed by atoms with Crippen LogP contribution < -0.4 is 10.6 Å². The maximum atomic E-state index is 4.27. The van der Waals surface area contributed by atoms with Gasteiger partial charge in [0.15, 0.2) is 0 Å². The van der Waals surface area contributed by atoms with Crippen molar-refractivity contribution >= 4 is 0 Å². The van der Waals surface area contributed by atoms with Crippen molar-refractivity contribution in [2.45, 2.75) is 142 Å². The molecule has 0 saturated heterocycles. The maximum Gasteiger partial charge on any atom is 0.0392 e. The second-order valence-corrected chi connectivity index (χ2v) is 9.89. The van der Waals surface area contributed by atoms with Crippen LogP contribution >= 0.6 is 0 Å². The number of unbranched alkanes of at least 4 members (excludes halogenated alkanes) is 5. The third kappa shape index (κ3) is 6.73. The van der Waals surface area contributed by atoms with Crippen molar-refractivity contribution in [2.75, 3.05) is 13.1 Å². The maximum absolute atomic E-state index is 4.27. The quantitative estimate of drug-likeness (QED) is 0.271. The predicted octanol–water partition coefficient (Wildman–Crippen LogP) is 7.22. The largest absolute Gasteiger partial charge is 0.312 e. The van der Waals surface area contributed by atoms with Crippen molar-refractivity contribution < 1.29 is 0 Å². The summed E-state index contributed by atoms with van der Waals surface area (Å²) in [6.45, 7) is 9.40. The van der Waals surface area contributed by atoms with E-state index in [0.717, 1.165) is 11.8 Å². The van der Waals surface area contributed by atoms with Gasteiger partial charge in [-0.15, -0.1) is 0 Å². The SMILES string of the molecule is CCCCCCCCC(NCCC)C(NCCC)(C1CCCC1)C1CCCC1. The van der Waals surface area contributed by atoms with Crippen molar-refractivity contribution in [3.63, 3.8) is 0 Å². The highest BCUT2D eigenvalue weighted by atomic mass is 15.1. The van der Waals surface area contributed by atoms with Gasteiger partial charge in [-0.05, 0) is 69.9 Å². The van der Waals surface area contributed by atoms with Gasteiger partial charge in [0.2, 0.25) is 0 Å². The summed E-state index contributed by atoms with van der Waals surface area (Å²) in [7, 11) is 0. The molecular formula is C26H52N2. The first-order valence-corrected chi connectivity index (χ1v) is 13.3. The third-order valence-electron chi connectivity index (χ3n) is 7.81. The average Bonchev–Trinajstić information content (AvgIpc) is 3.43. The van der Waals surface area contributed by atoms with E-state index in [2.05, 4.69) is 31.4 Å². The predicted molar refractivity (Wildman–Crippen MR) is 125 cm³/mol. The van der Waals surface area contributed by atoms with Gasteiger partial charge in [-0.2, -0.15) is 0 Å². The number of hydrogen-bond acceptors (Lipinski definition) is 2. The Morgan fingerprint density at radius 1 is 0.679 bits per heavy atom. The van der Waals surface area contributed by atoms with Crippen molar-refractivity contribution in [1.82, 2.24) is 10.6 Å². The van der Waals surface area contributed by atoms with Crippen LogP contribution in [0.3, 0.4) is 0 Å². The zero-order chi connectivity index (χ0) is 20.1. The molecule has 2 aliphatic rings. The molecule has 2 rings (SSSR count). The lowest BCUT2D eigenvalue weighted by Crippen LogP contribution is -2.67. The Labute approximate surface area is 177 Å². The molecule has 2 fully saturated rings. The molecule has 1 atom stereocenters. The van der Waals surface area contributed by atoms with Crippen molar-refractivity contribution in [2.24, 2.45) is 11.8 Å². The lowest BCUT2D eigenvalue weighted by atomic mass is 9.66. The third-order valence-corrected chi connectivity index (χ3v) is 7.81. The van der Waals surface area contributed by atoms with Crippen LogP contribution in [0.1, 0.15) is 130 Å². The van der Waals surface area contributed by atoms with Gasteiger partial charge in [0.1, 0.15) is 0 Å². The highest BCUT2D eigenvalue weighted by Gasteiger charge is 2.50. The van der Waals surface area contributed by atoms with E-state index in [9.17, 15) is 0 Å². The molecule has 2 aliphatic carbocycles. The number of rotatable bonds is 16. The van der Waals surface area contributed by atoms with Gasteiger partial charge in [-0.25, -0.2) is 0 Å². The molecule has 2 heteroatoms. The first-order chi connectivity index (χ1) is 13.8. The van der Waals surface area contributed by atoms with Gasteiger partial charge in [0, 0.05) is 11.6 Å². The Bertz CT molecular complexity index is 353. The fourth-order valence-electron chi connectivity index (χ4n) is 6.42. The van der Waals surface area contributed by atoms with Crippen LogP contribution in [0.2, 0.25) is 0 Å². The molecule has 1 unspecified atom stereocenters. The summed E-state index contributed by atoms with van der Waals surface area (Å²) in [4.78, 5) is 0. The second kappa shape index (κ2) is 14.0. The Balaban J connectivity index is 2.14. The summed E-state index contributed by atoms with van der Waals surface area (Å²) >= 11 is 0. The molecule has 0 aliphatic heterocycles. The second-order valence-electron chi connectivity index (χ2n) is 9.89. The van der Waals surface area contributed by atoms with E-state index in [1.54, 1.807) is 0 Å². The summed E-state index contributed by atoms with van der Waals surface area (Å²) in [5.41, 5.74) is 0.363. The Morgan fingerprint density at radius 2 is 1.21 bits per heavy atom. The van der Waals surface area contributed by atoms with Gasteiger partial charge < -0.3 is 10.6 Å². The minimum atomic E-state index is 0.363. The molecule has 2 N–H and O–H groups in total. The summed E-state index contributed by atoms with van der Waals surface area (Å²) in [6.07, 6.45) is 24.1. The first-order valence-electron chi connectivity index (χ1n) is 13.3. The van der Waals surface area contributed by atoms with Crippen molar-refractivity contribution in [1.29, 1.82) is 0 Å². The standard InChI is InChI=1S/C26H52N2/c1-4-7-8-9-10-11-20-25(27-21-5-2)26(28-22-6-3,23-16-12-13-17-23)24-18-14-15-19-24/h23-25,27-28H,4-22H2,1-3H3. The molecular weight excluding hydrogens is 340 g/mol. The van der Waals surface area contributed by atoms with Gasteiger partial charge in [0.05, 0.1) is 0 Å². The summed E-state index contributed by atoms with van der Waals surface area (Å²) in [6, 6.07) is 0.677. The fourth-order valence-corrected chi connectivity index (χ4v) is 6.42. The summed E-state index contributed by atoms with van der Waals surface area (Å²) in [5.74, 6) is 1.80. The smallest absolute Gasteiger partial charge is 0.0392 e. The van der Waals surface area contributed by atoms with Crippen LogP contribution in [-0.2, 0) is 0 Å². The van der Waals surface area contributed by atoms with Gasteiger partial charge in [-0.1, -0.05) is 85.0 Å². The molecule has 0 radical (unpaired) electrons. The highest BCUT2D eigenvalue weighted by Crippen LogP contribution is 2.47. The Hall–Kier alpha value is -0.0800. The first kappa shape index (κ1) is 24.2. The lowest BCUT2D eigenvalue weighted by Gasteiger charge is -2.51. The fraction of sp³-hybridized carbons (Fsp3) is 1.00. The molecule has 0 heterocycles. The molecule has 0 aromatic rings. The highest BCUT2D eigenvalue weighted by molar-refractivity contribution is 5.09. The van der Waals surface area contributed by atoms with Gasteiger partial charge in [0.25, 0.3) is 0 Å². The molecule has 0 aromatic carbocycles. The van der Waals surface area contributed by atoms with E-state index in [4.69, 9.17) is 0 Å².